The fourth-order valence-corrected chi connectivity index (χ4v) is 2.57. The van der Waals surface area contributed by atoms with Crippen molar-refractivity contribution >= 4 is 17.4 Å². The van der Waals surface area contributed by atoms with E-state index in [0.29, 0.717) is 11.4 Å². The van der Waals surface area contributed by atoms with Gasteiger partial charge < -0.3 is 5.32 Å². The van der Waals surface area contributed by atoms with E-state index >= 15 is 0 Å². The van der Waals surface area contributed by atoms with Crippen LogP contribution in [-0.4, -0.2) is 15.2 Å². The quantitative estimate of drug-likeness (QED) is 0.670. The third-order valence-corrected chi connectivity index (χ3v) is 3.65. The molecule has 0 spiro atoms. The van der Waals surface area contributed by atoms with Gasteiger partial charge in [-0.25, -0.2) is 4.98 Å². The molecule has 2 aromatic heterocycles. The molecule has 2 heterocycles. The van der Waals surface area contributed by atoms with E-state index in [4.69, 9.17) is 11.6 Å². The predicted molar refractivity (Wildman–Crippen MR) is 84.7 cm³/mol. The Morgan fingerprint density at radius 3 is 2.54 bits per heavy atom. The summed E-state index contributed by atoms with van der Waals surface area (Å²) < 4.78 is 40.1. The minimum atomic E-state index is -4.47. The molecule has 0 fully saturated rings. The Labute approximate surface area is 140 Å². The number of alkyl halides is 3. The van der Waals surface area contributed by atoms with Gasteiger partial charge in [0.15, 0.2) is 0 Å². The first-order valence-electron chi connectivity index (χ1n) is 6.99. The number of rotatable bonds is 4. The number of halogens is 4. The highest BCUT2D eigenvalue weighted by atomic mass is 35.5. The summed E-state index contributed by atoms with van der Waals surface area (Å²) in [5.74, 6) is 0.366. The molecule has 3 aromatic rings. The Morgan fingerprint density at radius 2 is 1.88 bits per heavy atom. The molecule has 0 bridgehead atoms. The van der Waals surface area contributed by atoms with Crippen molar-refractivity contribution in [3.05, 3.63) is 76.7 Å². The lowest BCUT2D eigenvalue weighted by atomic mass is 9.96. The van der Waals surface area contributed by atoms with Crippen molar-refractivity contribution in [3.63, 3.8) is 0 Å². The van der Waals surface area contributed by atoms with Gasteiger partial charge >= 0.3 is 6.18 Å². The maximum Gasteiger partial charge on any atom is 0.416 e. The van der Waals surface area contributed by atoms with Crippen molar-refractivity contribution in [1.82, 2.24) is 15.2 Å². The van der Waals surface area contributed by atoms with Crippen LogP contribution >= 0.6 is 11.6 Å². The van der Waals surface area contributed by atoms with Crippen molar-refractivity contribution in [2.24, 2.45) is 0 Å². The van der Waals surface area contributed by atoms with Crippen LogP contribution in [0.3, 0.4) is 0 Å². The standard InChI is InChI=1S/C16H12ClF3N4/c17-13-6-3-7-14(23-13)24-15(10-8-21-22-9-10)11-4-1-2-5-12(11)16(18,19)20/h1-9,15H,(H,21,22)(H,23,24). The molecule has 4 nitrogen and oxygen atoms in total. The Morgan fingerprint density at radius 1 is 1.08 bits per heavy atom. The fraction of sp³-hybridized carbons (Fsp3) is 0.125. The SMILES string of the molecule is FC(F)(F)c1ccccc1C(Nc1cccc(Cl)n1)c1cn[nH]c1. The molecule has 0 saturated carbocycles. The van der Waals surface area contributed by atoms with Gasteiger partial charge in [0, 0.05) is 11.8 Å². The molecule has 0 radical (unpaired) electrons. The highest BCUT2D eigenvalue weighted by Gasteiger charge is 2.35. The second kappa shape index (κ2) is 6.52. The van der Waals surface area contributed by atoms with E-state index in [1.165, 1.54) is 24.5 Å². The van der Waals surface area contributed by atoms with Crippen LogP contribution in [0.2, 0.25) is 5.15 Å². The summed E-state index contributed by atoms with van der Waals surface area (Å²) in [6.07, 6.45) is -1.47. The van der Waals surface area contributed by atoms with Gasteiger partial charge in [-0.15, -0.1) is 0 Å². The molecule has 1 unspecified atom stereocenters. The minimum Gasteiger partial charge on any atom is -0.359 e. The zero-order valence-corrected chi connectivity index (χ0v) is 12.9. The smallest absolute Gasteiger partial charge is 0.359 e. The van der Waals surface area contributed by atoms with E-state index in [2.05, 4.69) is 20.5 Å². The van der Waals surface area contributed by atoms with E-state index in [0.717, 1.165) is 6.07 Å². The number of hydrogen-bond donors (Lipinski definition) is 2. The van der Waals surface area contributed by atoms with E-state index in [9.17, 15) is 13.2 Å². The second-order valence-electron chi connectivity index (χ2n) is 5.04. The largest absolute Gasteiger partial charge is 0.416 e. The highest BCUT2D eigenvalue weighted by Crippen LogP contribution is 2.37. The molecular weight excluding hydrogens is 341 g/mol. The zero-order chi connectivity index (χ0) is 17.2. The number of anilines is 1. The number of pyridine rings is 1. The number of hydrogen-bond acceptors (Lipinski definition) is 3. The fourth-order valence-electron chi connectivity index (χ4n) is 2.40. The Hall–Kier alpha value is -2.54. The average Bonchev–Trinajstić information content (AvgIpc) is 3.06. The first-order chi connectivity index (χ1) is 11.4. The van der Waals surface area contributed by atoms with E-state index in [1.807, 2.05) is 0 Å². The van der Waals surface area contributed by atoms with E-state index < -0.39 is 17.8 Å². The van der Waals surface area contributed by atoms with Crippen molar-refractivity contribution < 1.29 is 13.2 Å². The lowest BCUT2D eigenvalue weighted by Crippen LogP contribution is -2.18. The first kappa shape index (κ1) is 16.3. The van der Waals surface area contributed by atoms with Crippen molar-refractivity contribution in [1.29, 1.82) is 0 Å². The van der Waals surface area contributed by atoms with Crippen LogP contribution in [0.5, 0.6) is 0 Å². The maximum absolute atomic E-state index is 13.4. The van der Waals surface area contributed by atoms with Crippen molar-refractivity contribution in [2.45, 2.75) is 12.2 Å². The van der Waals surface area contributed by atoms with Crippen molar-refractivity contribution in [3.8, 4) is 0 Å². The number of nitrogens with one attached hydrogen (secondary N) is 2. The first-order valence-corrected chi connectivity index (χ1v) is 7.37. The number of H-pyrrole nitrogens is 1. The molecule has 1 atom stereocenters. The van der Waals surface area contributed by atoms with Gasteiger partial charge in [-0.05, 0) is 23.8 Å². The molecule has 3 rings (SSSR count). The lowest BCUT2D eigenvalue weighted by molar-refractivity contribution is -0.138. The van der Waals surface area contributed by atoms with Crippen LogP contribution in [0.4, 0.5) is 19.0 Å². The Kier molecular flexibility index (Phi) is 4.44. The number of nitrogens with zero attached hydrogens (tertiary/aromatic N) is 2. The van der Waals surface area contributed by atoms with Gasteiger partial charge in [0.05, 0.1) is 17.8 Å². The molecule has 8 heteroatoms. The summed E-state index contributed by atoms with van der Waals surface area (Å²) >= 11 is 5.85. The third-order valence-electron chi connectivity index (χ3n) is 3.44. The second-order valence-corrected chi connectivity index (χ2v) is 5.43. The number of benzene rings is 1. The van der Waals surface area contributed by atoms with Crippen LogP contribution in [0.1, 0.15) is 22.7 Å². The van der Waals surface area contributed by atoms with Crippen LogP contribution in [0.15, 0.2) is 54.9 Å². The molecule has 0 aliphatic carbocycles. The molecule has 124 valence electrons. The Bertz CT molecular complexity index is 818. The summed E-state index contributed by atoms with van der Waals surface area (Å²) in [7, 11) is 0. The number of aromatic nitrogens is 3. The monoisotopic (exact) mass is 352 g/mol. The molecule has 24 heavy (non-hydrogen) atoms. The van der Waals surface area contributed by atoms with Crippen molar-refractivity contribution in [2.75, 3.05) is 5.32 Å². The molecule has 0 aliphatic rings. The molecule has 1 aromatic carbocycles. The van der Waals surface area contributed by atoms with Gasteiger partial charge in [0.1, 0.15) is 11.0 Å². The topological polar surface area (TPSA) is 53.6 Å². The van der Waals surface area contributed by atoms with Gasteiger partial charge in [0.25, 0.3) is 0 Å². The normalized spacial score (nSPS) is 12.8. The average molecular weight is 353 g/mol. The van der Waals surface area contributed by atoms with Gasteiger partial charge in [-0.2, -0.15) is 18.3 Å². The van der Waals surface area contributed by atoms with Crippen LogP contribution < -0.4 is 5.32 Å². The summed E-state index contributed by atoms with van der Waals surface area (Å²) in [5.41, 5.74) is -0.0904. The molecule has 0 amide bonds. The summed E-state index contributed by atoms with van der Waals surface area (Å²) in [4.78, 5) is 4.08. The summed E-state index contributed by atoms with van der Waals surface area (Å²) in [6, 6.07) is 9.50. The minimum absolute atomic E-state index is 0.0770. The van der Waals surface area contributed by atoms with Crippen LogP contribution in [-0.2, 0) is 6.18 Å². The van der Waals surface area contributed by atoms with Gasteiger partial charge in [0.2, 0.25) is 0 Å². The van der Waals surface area contributed by atoms with Crippen LogP contribution in [0.25, 0.3) is 0 Å². The van der Waals surface area contributed by atoms with Gasteiger partial charge in [-0.3, -0.25) is 5.10 Å². The predicted octanol–water partition coefficient (Wildman–Crippen LogP) is 4.68. The highest BCUT2D eigenvalue weighted by molar-refractivity contribution is 6.29. The van der Waals surface area contributed by atoms with Crippen LogP contribution in [0, 0.1) is 0 Å². The maximum atomic E-state index is 13.4. The molecule has 0 aliphatic heterocycles. The van der Waals surface area contributed by atoms with Gasteiger partial charge in [-0.1, -0.05) is 35.9 Å². The number of aromatic amines is 1. The molecule has 0 saturated heterocycles. The van der Waals surface area contributed by atoms with E-state index in [1.54, 1.807) is 24.3 Å². The summed E-state index contributed by atoms with van der Waals surface area (Å²) in [6.45, 7) is 0. The third kappa shape index (κ3) is 3.51. The molecular formula is C16H12ClF3N4. The molecule has 2 N–H and O–H groups in total. The summed E-state index contributed by atoms with van der Waals surface area (Å²) in [5, 5.41) is 9.69. The lowest BCUT2D eigenvalue weighted by Gasteiger charge is -2.22. The zero-order valence-electron chi connectivity index (χ0n) is 12.2. The van der Waals surface area contributed by atoms with E-state index in [-0.39, 0.29) is 10.7 Å². The Balaban J connectivity index is 2.07.